The molecule has 1 rings (SSSR count). The molecule has 0 aromatic heterocycles. The summed E-state index contributed by atoms with van der Waals surface area (Å²) in [5, 5.41) is 0. The van der Waals surface area contributed by atoms with Crippen molar-refractivity contribution in [3.63, 3.8) is 0 Å². The number of ether oxygens (including phenoxy) is 2. The summed E-state index contributed by atoms with van der Waals surface area (Å²) in [6, 6.07) is 7.49. The Hall–Kier alpha value is -1.81. The van der Waals surface area contributed by atoms with E-state index in [2.05, 4.69) is 27.8 Å². The molecular formula is C17H26NO3+. The SMILES string of the molecule is COc1ccc(C=CC(=O)OCC[NH+](C)C(C)(C)C)cc1. The molecule has 1 aromatic rings. The van der Waals surface area contributed by atoms with Crippen molar-refractivity contribution in [2.45, 2.75) is 26.3 Å². The van der Waals surface area contributed by atoms with Gasteiger partial charge in [0.2, 0.25) is 0 Å². The number of esters is 1. The zero-order valence-electron chi connectivity index (χ0n) is 13.6. The van der Waals surface area contributed by atoms with Crippen LogP contribution in [0.15, 0.2) is 30.3 Å². The first kappa shape index (κ1) is 17.2. The van der Waals surface area contributed by atoms with Crippen molar-refractivity contribution in [2.24, 2.45) is 0 Å². The van der Waals surface area contributed by atoms with Gasteiger partial charge in [-0.2, -0.15) is 0 Å². The first-order valence-electron chi connectivity index (χ1n) is 7.14. The van der Waals surface area contributed by atoms with E-state index in [1.165, 1.54) is 11.0 Å². The number of carbonyl (C=O) groups excluding carboxylic acids is 1. The number of hydrogen-bond donors (Lipinski definition) is 1. The zero-order valence-corrected chi connectivity index (χ0v) is 13.6. The molecule has 0 radical (unpaired) electrons. The Morgan fingerprint density at radius 3 is 2.38 bits per heavy atom. The van der Waals surface area contributed by atoms with Crippen LogP contribution < -0.4 is 9.64 Å². The van der Waals surface area contributed by atoms with Crippen LogP contribution in [-0.4, -0.2) is 38.8 Å². The van der Waals surface area contributed by atoms with E-state index in [0.29, 0.717) is 6.61 Å². The van der Waals surface area contributed by atoms with Crippen molar-refractivity contribution in [2.75, 3.05) is 27.3 Å². The molecule has 1 unspecified atom stereocenters. The maximum atomic E-state index is 11.6. The van der Waals surface area contributed by atoms with Crippen LogP contribution in [0.4, 0.5) is 0 Å². The van der Waals surface area contributed by atoms with E-state index in [1.807, 2.05) is 24.3 Å². The predicted octanol–water partition coefficient (Wildman–Crippen LogP) is 1.56. The fourth-order valence-corrected chi connectivity index (χ4v) is 1.61. The molecule has 1 N–H and O–H groups in total. The van der Waals surface area contributed by atoms with Crippen LogP contribution in [0, 0.1) is 0 Å². The van der Waals surface area contributed by atoms with E-state index < -0.39 is 0 Å². The van der Waals surface area contributed by atoms with E-state index in [1.54, 1.807) is 13.2 Å². The van der Waals surface area contributed by atoms with Gasteiger partial charge in [-0.3, -0.25) is 0 Å². The number of quaternary nitrogens is 1. The molecule has 4 heteroatoms. The summed E-state index contributed by atoms with van der Waals surface area (Å²) in [5.74, 6) is 0.482. The molecule has 1 atom stereocenters. The van der Waals surface area contributed by atoms with Crippen LogP contribution in [0.3, 0.4) is 0 Å². The topological polar surface area (TPSA) is 40.0 Å². The van der Waals surface area contributed by atoms with Gasteiger partial charge in [0, 0.05) is 6.08 Å². The van der Waals surface area contributed by atoms with Crippen LogP contribution >= 0.6 is 0 Å². The second-order valence-corrected chi connectivity index (χ2v) is 6.05. The van der Waals surface area contributed by atoms with Crippen molar-refractivity contribution < 1.29 is 19.2 Å². The second-order valence-electron chi connectivity index (χ2n) is 6.05. The number of methoxy groups -OCH3 is 1. The minimum atomic E-state index is -0.312. The molecule has 0 amide bonds. The lowest BCUT2D eigenvalue weighted by molar-refractivity contribution is -0.927. The van der Waals surface area contributed by atoms with Gasteiger partial charge < -0.3 is 14.4 Å². The largest absolute Gasteiger partial charge is 0.497 e. The average molecular weight is 292 g/mol. The summed E-state index contributed by atoms with van der Waals surface area (Å²) in [5.41, 5.74) is 1.09. The van der Waals surface area contributed by atoms with Gasteiger partial charge in [-0.1, -0.05) is 12.1 Å². The molecule has 0 aliphatic rings. The molecule has 0 saturated carbocycles. The van der Waals surface area contributed by atoms with Gasteiger partial charge in [-0.15, -0.1) is 0 Å². The quantitative estimate of drug-likeness (QED) is 0.639. The summed E-state index contributed by atoms with van der Waals surface area (Å²) in [7, 11) is 3.72. The molecule has 0 fully saturated rings. The Labute approximate surface area is 127 Å². The summed E-state index contributed by atoms with van der Waals surface area (Å²) in [6.45, 7) is 7.70. The Balaban J connectivity index is 2.37. The summed E-state index contributed by atoms with van der Waals surface area (Å²) in [6.07, 6.45) is 3.19. The number of rotatable bonds is 6. The standard InChI is InChI=1S/C17H25NO3/c1-17(2,3)18(4)12-13-21-16(19)11-8-14-6-9-15(20-5)10-7-14/h6-11H,12-13H2,1-5H3/p+1. The maximum Gasteiger partial charge on any atom is 0.330 e. The third-order valence-corrected chi connectivity index (χ3v) is 3.53. The Morgan fingerprint density at radius 1 is 1.24 bits per heavy atom. The number of likely N-dealkylation sites (N-methyl/N-ethyl adjacent to an activating group) is 1. The molecule has 1 aromatic carbocycles. The summed E-state index contributed by atoms with van der Waals surface area (Å²) >= 11 is 0. The molecule has 4 nitrogen and oxygen atoms in total. The van der Waals surface area contributed by atoms with Crippen molar-refractivity contribution in [1.82, 2.24) is 0 Å². The normalized spacial score (nSPS) is 13.2. The van der Waals surface area contributed by atoms with E-state index in [9.17, 15) is 4.79 Å². The lowest BCUT2D eigenvalue weighted by atomic mass is 10.1. The average Bonchev–Trinajstić information content (AvgIpc) is 2.44. The third kappa shape index (κ3) is 6.45. The minimum Gasteiger partial charge on any atom is -0.497 e. The van der Waals surface area contributed by atoms with Crippen LogP contribution in [0.1, 0.15) is 26.3 Å². The van der Waals surface area contributed by atoms with E-state index in [-0.39, 0.29) is 11.5 Å². The third-order valence-electron chi connectivity index (χ3n) is 3.53. The van der Waals surface area contributed by atoms with Gasteiger partial charge >= 0.3 is 5.97 Å². The summed E-state index contributed by atoms with van der Waals surface area (Å²) < 4.78 is 10.3. The molecule has 0 aliphatic carbocycles. The van der Waals surface area contributed by atoms with E-state index in [0.717, 1.165) is 17.9 Å². The van der Waals surface area contributed by atoms with Crippen LogP contribution in [0.5, 0.6) is 5.75 Å². The monoisotopic (exact) mass is 292 g/mol. The van der Waals surface area contributed by atoms with Gasteiger partial charge in [-0.25, -0.2) is 4.79 Å². The van der Waals surface area contributed by atoms with Crippen molar-refractivity contribution in [3.8, 4) is 5.75 Å². The van der Waals surface area contributed by atoms with Crippen LogP contribution in [0.25, 0.3) is 6.08 Å². The first-order chi connectivity index (χ1) is 9.82. The highest BCUT2D eigenvalue weighted by Crippen LogP contribution is 2.12. The van der Waals surface area contributed by atoms with Crippen LogP contribution in [-0.2, 0) is 9.53 Å². The van der Waals surface area contributed by atoms with E-state index in [4.69, 9.17) is 9.47 Å². The Morgan fingerprint density at radius 2 is 1.86 bits per heavy atom. The van der Waals surface area contributed by atoms with Crippen LogP contribution in [0.2, 0.25) is 0 Å². The highest BCUT2D eigenvalue weighted by atomic mass is 16.5. The Bertz CT molecular complexity index is 472. The highest BCUT2D eigenvalue weighted by Gasteiger charge is 2.20. The summed E-state index contributed by atoms with van der Waals surface area (Å²) in [4.78, 5) is 13.0. The fraction of sp³-hybridized carbons (Fsp3) is 0.471. The highest BCUT2D eigenvalue weighted by molar-refractivity contribution is 5.87. The predicted molar refractivity (Wildman–Crippen MR) is 84.5 cm³/mol. The fourth-order valence-electron chi connectivity index (χ4n) is 1.61. The van der Waals surface area contributed by atoms with E-state index >= 15 is 0 Å². The molecule has 0 spiro atoms. The first-order valence-corrected chi connectivity index (χ1v) is 7.14. The zero-order chi connectivity index (χ0) is 15.9. The molecule has 21 heavy (non-hydrogen) atoms. The van der Waals surface area contributed by atoms with Crippen molar-refractivity contribution >= 4 is 12.0 Å². The molecule has 0 saturated heterocycles. The number of hydrogen-bond acceptors (Lipinski definition) is 3. The molecule has 0 heterocycles. The minimum absolute atomic E-state index is 0.158. The number of nitrogens with one attached hydrogen (secondary N) is 1. The van der Waals surface area contributed by atoms with Gasteiger partial charge in [0.05, 0.1) is 19.7 Å². The lowest BCUT2D eigenvalue weighted by Crippen LogP contribution is -3.16. The maximum absolute atomic E-state index is 11.6. The lowest BCUT2D eigenvalue weighted by Gasteiger charge is -2.28. The number of benzene rings is 1. The Kier molecular flexibility index (Phi) is 6.43. The molecule has 116 valence electrons. The number of carbonyl (C=O) groups is 1. The molecule has 0 aliphatic heterocycles. The van der Waals surface area contributed by atoms with Gasteiger partial charge in [-0.05, 0) is 44.5 Å². The van der Waals surface area contributed by atoms with Gasteiger partial charge in [0.25, 0.3) is 0 Å². The van der Waals surface area contributed by atoms with Gasteiger partial charge in [0.1, 0.15) is 18.9 Å². The van der Waals surface area contributed by atoms with Crippen molar-refractivity contribution in [1.29, 1.82) is 0 Å². The van der Waals surface area contributed by atoms with Crippen molar-refractivity contribution in [3.05, 3.63) is 35.9 Å². The van der Waals surface area contributed by atoms with Gasteiger partial charge in [0.15, 0.2) is 0 Å². The second kappa shape index (κ2) is 7.84. The smallest absolute Gasteiger partial charge is 0.330 e. The molecule has 0 bridgehead atoms. The molecular weight excluding hydrogens is 266 g/mol.